The van der Waals surface area contributed by atoms with Gasteiger partial charge in [0.2, 0.25) is 0 Å². The molecule has 0 atom stereocenters. The smallest absolute Gasteiger partial charge is 0.344 e. The Morgan fingerprint density at radius 1 is 0.944 bits per heavy atom. The van der Waals surface area contributed by atoms with Gasteiger partial charge in [-0.2, -0.15) is 0 Å². The summed E-state index contributed by atoms with van der Waals surface area (Å²) in [7, 11) is 0. The Balaban J connectivity index is 2.32. The summed E-state index contributed by atoms with van der Waals surface area (Å²) in [5.74, 6) is 0.622. The number of aryl methyl sites for hydroxylation is 1. The Morgan fingerprint density at radius 2 is 1.67 bits per heavy atom. The van der Waals surface area contributed by atoms with Gasteiger partial charge in [0, 0.05) is 5.56 Å². The van der Waals surface area contributed by atoms with E-state index in [1.165, 1.54) is 0 Å². The van der Waals surface area contributed by atoms with Crippen LogP contribution in [0.2, 0.25) is 0 Å². The van der Waals surface area contributed by atoms with Crippen molar-refractivity contribution in [2.45, 2.75) is 6.92 Å². The van der Waals surface area contributed by atoms with E-state index in [1.807, 2.05) is 55.5 Å². The molecule has 18 heavy (non-hydrogen) atoms. The SMILES string of the molecule is Cc1ccccc1-c1cc2ccccc2c(=O)o1. The van der Waals surface area contributed by atoms with Gasteiger partial charge in [0.25, 0.3) is 0 Å². The van der Waals surface area contributed by atoms with E-state index in [9.17, 15) is 4.79 Å². The van der Waals surface area contributed by atoms with E-state index in [4.69, 9.17) is 4.42 Å². The van der Waals surface area contributed by atoms with E-state index in [-0.39, 0.29) is 5.63 Å². The van der Waals surface area contributed by atoms with Crippen molar-refractivity contribution in [3.63, 3.8) is 0 Å². The highest BCUT2D eigenvalue weighted by molar-refractivity contribution is 5.84. The van der Waals surface area contributed by atoms with Crippen LogP contribution in [0.4, 0.5) is 0 Å². The van der Waals surface area contributed by atoms with Gasteiger partial charge in [-0.1, -0.05) is 42.5 Å². The van der Waals surface area contributed by atoms with Crippen molar-refractivity contribution in [1.82, 2.24) is 0 Å². The van der Waals surface area contributed by atoms with Crippen molar-refractivity contribution in [1.29, 1.82) is 0 Å². The first-order valence-electron chi connectivity index (χ1n) is 5.84. The lowest BCUT2D eigenvalue weighted by Gasteiger charge is -2.05. The van der Waals surface area contributed by atoms with Gasteiger partial charge in [-0.25, -0.2) is 4.79 Å². The summed E-state index contributed by atoms with van der Waals surface area (Å²) in [4.78, 5) is 11.9. The highest BCUT2D eigenvalue weighted by Gasteiger charge is 2.07. The number of fused-ring (bicyclic) bond motifs is 1. The zero-order valence-electron chi connectivity index (χ0n) is 10.0. The summed E-state index contributed by atoms with van der Waals surface area (Å²) in [6, 6.07) is 17.3. The van der Waals surface area contributed by atoms with Gasteiger partial charge in [0.1, 0.15) is 5.76 Å². The number of hydrogen-bond acceptors (Lipinski definition) is 2. The number of rotatable bonds is 1. The molecule has 0 bridgehead atoms. The zero-order chi connectivity index (χ0) is 12.5. The molecule has 2 nitrogen and oxygen atoms in total. The van der Waals surface area contributed by atoms with Crippen molar-refractivity contribution in [3.05, 3.63) is 70.6 Å². The summed E-state index contributed by atoms with van der Waals surface area (Å²) >= 11 is 0. The fraction of sp³-hybridized carbons (Fsp3) is 0.0625. The monoisotopic (exact) mass is 236 g/mol. The molecular weight excluding hydrogens is 224 g/mol. The molecule has 0 saturated heterocycles. The van der Waals surface area contributed by atoms with Gasteiger partial charge in [-0.3, -0.25) is 0 Å². The second kappa shape index (κ2) is 4.15. The minimum absolute atomic E-state index is 0.286. The van der Waals surface area contributed by atoms with Crippen LogP contribution >= 0.6 is 0 Å². The highest BCUT2D eigenvalue weighted by Crippen LogP contribution is 2.24. The third kappa shape index (κ3) is 1.72. The number of hydrogen-bond donors (Lipinski definition) is 0. The maximum atomic E-state index is 11.9. The van der Waals surface area contributed by atoms with Crippen LogP contribution in [0.3, 0.4) is 0 Å². The molecule has 0 aliphatic heterocycles. The molecule has 0 aliphatic rings. The molecule has 0 amide bonds. The molecule has 2 heteroatoms. The van der Waals surface area contributed by atoms with E-state index < -0.39 is 0 Å². The van der Waals surface area contributed by atoms with Crippen LogP contribution in [0.5, 0.6) is 0 Å². The molecule has 0 aliphatic carbocycles. The standard InChI is InChI=1S/C16H12O2/c1-11-6-2-4-8-13(11)15-10-12-7-3-5-9-14(12)16(17)18-15/h2-10H,1H3. The molecule has 3 rings (SSSR count). The summed E-state index contributed by atoms with van der Waals surface area (Å²) in [5.41, 5.74) is 1.77. The lowest BCUT2D eigenvalue weighted by Crippen LogP contribution is -2.00. The summed E-state index contributed by atoms with van der Waals surface area (Å²) in [6.07, 6.45) is 0. The van der Waals surface area contributed by atoms with Gasteiger partial charge in [0.15, 0.2) is 0 Å². The van der Waals surface area contributed by atoms with Crippen LogP contribution in [-0.4, -0.2) is 0 Å². The topological polar surface area (TPSA) is 30.2 Å². The van der Waals surface area contributed by atoms with Crippen LogP contribution < -0.4 is 5.63 Å². The van der Waals surface area contributed by atoms with Crippen LogP contribution in [0, 0.1) is 6.92 Å². The normalized spacial score (nSPS) is 10.7. The first kappa shape index (κ1) is 10.8. The van der Waals surface area contributed by atoms with Crippen molar-refractivity contribution >= 4 is 10.8 Å². The van der Waals surface area contributed by atoms with Crippen LogP contribution in [0.15, 0.2) is 63.8 Å². The van der Waals surface area contributed by atoms with Crippen LogP contribution in [0.1, 0.15) is 5.56 Å². The fourth-order valence-electron chi connectivity index (χ4n) is 2.12. The predicted molar refractivity (Wildman–Crippen MR) is 72.7 cm³/mol. The molecule has 0 N–H and O–H groups in total. The molecule has 88 valence electrons. The summed E-state index contributed by atoms with van der Waals surface area (Å²) < 4.78 is 5.40. The maximum Gasteiger partial charge on any atom is 0.344 e. The van der Waals surface area contributed by atoms with Gasteiger partial charge in [-0.15, -0.1) is 0 Å². The lowest BCUT2D eigenvalue weighted by atomic mass is 10.0. The van der Waals surface area contributed by atoms with E-state index >= 15 is 0 Å². The first-order chi connectivity index (χ1) is 8.75. The van der Waals surface area contributed by atoms with Gasteiger partial charge in [-0.05, 0) is 30.0 Å². The van der Waals surface area contributed by atoms with Crippen molar-refractivity contribution in [2.75, 3.05) is 0 Å². The minimum Gasteiger partial charge on any atom is -0.422 e. The Kier molecular flexibility index (Phi) is 2.49. The predicted octanol–water partition coefficient (Wildman–Crippen LogP) is 3.77. The minimum atomic E-state index is -0.286. The van der Waals surface area contributed by atoms with Crippen molar-refractivity contribution in [2.24, 2.45) is 0 Å². The fourth-order valence-corrected chi connectivity index (χ4v) is 2.12. The molecule has 0 unspecified atom stereocenters. The third-order valence-corrected chi connectivity index (χ3v) is 3.08. The molecule has 2 aromatic carbocycles. The van der Waals surface area contributed by atoms with Crippen molar-refractivity contribution in [3.8, 4) is 11.3 Å². The lowest BCUT2D eigenvalue weighted by molar-refractivity contribution is 0.534. The Morgan fingerprint density at radius 3 is 2.50 bits per heavy atom. The van der Waals surface area contributed by atoms with E-state index in [0.717, 1.165) is 16.5 Å². The van der Waals surface area contributed by atoms with E-state index in [1.54, 1.807) is 6.07 Å². The Labute approximate surface area is 105 Å². The quantitative estimate of drug-likeness (QED) is 0.643. The zero-order valence-corrected chi connectivity index (χ0v) is 10.0. The molecule has 1 heterocycles. The summed E-state index contributed by atoms with van der Waals surface area (Å²) in [6.45, 7) is 2.00. The molecule has 3 aromatic rings. The molecule has 0 fully saturated rings. The number of benzene rings is 2. The molecule has 1 aromatic heterocycles. The van der Waals surface area contributed by atoms with E-state index in [0.29, 0.717) is 11.1 Å². The van der Waals surface area contributed by atoms with Crippen molar-refractivity contribution < 1.29 is 4.42 Å². The molecule has 0 spiro atoms. The largest absolute Gasteiger partial charge is 0.422 e. The third-order valence-electron chi connectivity index (χ3n) is 3.08. The highest BCUT2D eigenvalue weighted by atomic mass is 16.4. The molecule has 0 radical (unpaired) electrons. The van der Waals surface area contributed by atoms with Gasteiger partial charge < -0.3 is 4.42 Å². The Hall–Kier alpha value is -2.35. The second-order valence-corrected chi connectivity index (χ2v) is 4.30. The average Bonchev–Trinajstić information content (AvgIpc) is 2.39. The second-order valence-electron chi connectivity index (χ2n) is 4.30. The van der Waals surface area contributed by atoms with E-state index in [2.05, 4.69) is 0 Å². The van der Waals surface area contributed by atoms with Crippen LogP contribution in [0.25, 0.3) is 22.1 Å². The van der Waals surface area contributed by atoms with Crippen LogP contribution in [-0.2, 0) is 0 Å². The molecule has 0 saturated carbocycles. The average molecular weight is 236 g/mol. The summed E-state index contributed by atoms with van der Waals surface area (Å²) in [5, 5.41) is 1.53. The molecular formula is C16H12O2. The Bertz CT molecular complexity index is 769. The maximum absolute atomic E-state index is 11.9. The van der Waals surface area contributed by atoms with Gasteiger partial charge >= 0.3 is 5.63 Å². The first-order valence-corrected chi connectivity index (χ1v) is 5.84. The van der Waals surface area contributed by atoms with Gasteiger partial charge in [0.05, 0.1) is 5.39 Å².